The molecule has 114 valence electrons. The second kappa shape index (κ2) is 6.95. The van der Waals surface area contributed by atoms with Gasteiger partial charge in [0.15, 0.2) is 0 Å². The smallest absolute Gasteiger partial charge is 0.405 e. The number of aryl methyl sites for hydroxylation is 1. The number of hydrogen-bond donors (Lipinski definition) is 1. The molecule has 0 bridgehead atoms. The lowest BCUT2D eigenvalue weighted by Gasteiger charge is -2.17. The Labute approximate surface area is 125 Å². The Hall–Kier alpha value is -1.53. The Bertz CT molecular complexity index is 554. The molecule has 1 unspecified atom stereocenters. The molecule has 6 heteroatoms. The monoisotopic (exact) mass is 315 g/mol. The molecule has 1 heterocycles. The highest BCUT2D eigenvalue weighted by atomic mass is 32.1. The van der Waals surface area contributed by atoms with Gasteiger partial charge in [0.1, 0.15) is 5.75 Å². The molecule has 0 fully saturated rings. The van der Waals surface area contributed by atoms with Gasteiger partial charge in [-0.1, -0.05) is 24.3 Å². The van der Waals surface area contributed by atoms with E-state index in [4.69, 9.17) is 5.73 Å². The van der Waals surface area contributed by atoms with Crippen LogP contribution < -0.4 is 10.5 Å². The molecule has 1 aromatic heterocycles. The zero-order chi connectivity index (χ0) is 15.3. The maximum Gasteiger partial charge on any atom is 0.573 e. The minimum Gasteiger partial charge on any atom is -0.405 e. The van der Waals surface area contributed by atoms with Crippen molar-refractivity contribution in [1.82, 2.24) is 0 Å². The highest BCUT2D eigenvalue weighted by molar-refractivity contribution is 7.09. The quantitative estimate of drug-likeness (QED) is 0.841. The number of alkyl halides is 3. The Kier molecular flexibility index (Phi) is 5.25. The van der Waals surface area contributed by atoms with Crippen LogP contribution in [0.1, 0.15) is 29.3 Å². The molecule has 0 aliphatic rings. The first-order valence-electron chi connectivity index (χ1n) is 6.58. The highest BCUT2D eigenvalue weighted by Crippen LogP contribution is 2.31. The van der Waals surface area contributed by atoms with E-state index in [1.807, 2.05) is 17.5 Å². The summed E-state index contributed by atoms with van der Waals surface area (Å²) >= 11 is 1.67. The van der Waals surface area contributed by atoms with Crippen LogP contribution in [-0.2, 0) is 6.42 Å². The first-order valence-corrected chi connectivity index (χ1v) is 7.46. The Balaban J connectivity index is 1.96. The minimum absolute atomic E-state index is 0.214. The molecule has 2 aromatic rings. The summed E-state index contributed by atoms with van der Waals surface area (Å²) in [5.74, 6) is -0.214. The van der Waals surface area contributed by atoms with Gasteiger partial charge in [-0.2, -0.15) is 0 Å². The predicted octanol–water partition coefficient (Wildman–Crippen LogP) is 4.67. The topological polar surface area (TPSA) is 35.2 Å². The van der Waals surface area contributed by atoms with Crippen LogP contribution in [0, 0.1) is 0 Å². The maximum absolute atomic E-state index is 12.4. The third-order valence-corrected chi connectivity index (χ3v) is 4.00. The third kappa shape index (κ3) is 5.06. The number of ether oxygens (including phenoxy) is 1. The molecule has 0 saturated heterocycles. The van der Waals surface area contributed by atoms with Crippen LogP contribution in [0.2, 0.25) is 0 Å². The van der Waals surface area contributed by atoms with Gasteiger partial charge in [0.05, 0.1) is 0 Å². The Morgan fingerprint density at radius 2 is 1.90 bits per heavy atom. The normalized spacial score (nSPS) is 13.1. The number of hydrogen-bond acceptors (Lipinski definition) is 3. The second-order valence-corrected chi connectivity index (χ2v) is 5.70. The van der Waals surface area contributed by atoms with Crippen molar-refractivity contribution in [3.63, 3.8) is 0 Å². The fourth-order valence-corrected chi connectivity index (χ4v) is 2.86. The van der Waals surface area contributed by atoms with Crippen molar-refractivity contribution >= 4 is 11.3 Å². The van der Waals surface area contributed by atoms with Crippen LogP contribution >= 0.6 is 11.3 Å². The fourth-order valence-electron chi connectivity index (χ4n) is 2.11. The molecule has 0 amide bonds. The first-order chi connectivity index (χ1) is 9.96. The van der Waals surface area contributed by atoms with Crippen molar-refractivity contribution in [3.05, 3.63) is 52.2 Å². The molecule has 2 N–H and O–H groups in total. The van der Waals surface area contributed by atoms with Crippen LogP contribution in [-0.4, -0.2) is 6.36 Å². The van der Waals surface area contributed by atoms with Crippen molar-refractivity contribution in [1.29, 1.82) is 0 Å². The van der Waals surface area contributed by atoms with Gasteiger partial charge in [0.2, 0.25) is 0 Å². The largest absolute Gasteiger partial charge is 0.573 e. The van der Waals surface area contributed by atoms with E-state index >= 15 is 0 Å². The minimum atomic E-state index is -4.70. The summed E-state index contributed by atoms with van der Waals surface area (Å²) in [6.45, 7) is 0. The van der Waals surface area contributed by atoms with Crippen molar-refractivity contribution < 1.29 is 17.9 Å². The standard InChI is InChI=1S/C15H16F3NOS/c16-15(17,18)20-14-9-2-1-7-12(14)13(19)8-3-5-11-6-4-10-21-11/h1-2,4,6-7,9-10,13H,3,5,8,19H2. The van der Waals surface area contributed by atoms with E-state index in [1.165, 1.54) is 17.0 Å². The lowest BCUT2D eigenvalue weighted by molar-refractivity contribution is -0.275. The van der Waals surface area contributed by atoms with Crippen molar-refractivity contribution in [2.75, 3.05) is 0 Å². The van der Waals surface area contributed by atoms with E-state index < -0.39 is 12.4 Å². The zero-order valence-electron chi connectivity index (χ0n) is 11.3. The zero-order valence-corrected chi connectivity index (χ0v) is 12.1. The molecule has 21 heavy (non-hydrogen) atoms. The summed E-state index contributed by atoms with van der Waals surface area (Å²) in [5, 5.41) is 2.00. The van der Waals surface area contributed by atoms with Gasteiger partial charge < -0.3 is 10.5 Å². The summed E-state index contributed by atoms with van der Waals surface area (Å²) in [6.07, 6.45) is -2.39. The number of rotatable bonds is 6. The van der Waals surface area contributed by atoms with E-state index in [0.717, 1.165) is 12.8 Å². The summed E-state index contributed by atoms with van der Waals surface area (Å²) in [4.78, 5) is 1.25. The van der Waals surface area contributed by atoms with E-state index in [-0.39, 0.29) is 5.75 Å². The van der Waals surface area contributed by atoms with E-state index in [0.29, 0.717) is 12.0 Å². The van der Waals surface area contributed by atoms with Gasteiger partial charge in [0, 0.05) is 16.5 Å². The van der Waals surface area contributed by atoms with Crippen LogP contribution in [0.25, 0.3) is 0 Å². The van der Waals surface area contributed by atoms with Crippen molar-refractivity contribution in [3.8, 4) is 5.75 Å². The summed E-state index contributed by atoms with van der Waals surface area (Å²) < 4.78 is 41.1. The SMILES string of the molecule is NC(CCCc1cccs1)c1ccccc1OC(F)(F)F. The summed E-state index contributed by atoms with van der Waals surface area (Å²) in [6, 6.07) is 9.59. The van der Waals surface area contributed by atoms with Gasteiger partial charge >= 0.3 is 6.36 Å². The number of benzene rings is 1. The number of para-hydroxylation sites is 1. The molecule has 1 atom stereocenters. The van der Waals surface area contributed by atoms with E-state index in [9.17, 15) is 13.2 Å². The molecular formula is C15H16F3NOS. The fraction of sp³-hybridized carbons (Fsp3) is 0.333. The van der Waals surface area contributed by atoms with Crippen LogP contribution in [0.4, 0.5) is 13.2 Å². The van der Waals surface area contributed by atoms with Crippen molar-refractivity contribution in [2.24, 2.45) is 5.73 Å². The van der Waals surface area contributed by atoms with Crippen LogP contribution in [0.15, 0.2) is 41.8 Å². The van der Waals surface area contributed by atoms with Crippen molar-refractivity contribution in [2.45, 2.75) is 31.7 Å². The number of nitrogens with two attached hydrogens (primary N) is 1. The summed E-state index contributed by atoms with van der Waals surface area (Å²) in [7, 11) is 0. The molecule has 0 aliphatic carbocycles. The number of thiophene rings is 1. The molecule has 0 radical (unpaired) electrons. The first kappa shape index (κ1) is 15.9. The molecule has 0 aliphatic heterocycles. The molecule has 0 spiro atoms. The van der Waals surface area contributed by atoms with Gasteiger partial charge in [-0.3, -0.25) is 0 Å². The lowest BCUT2D eigenvalue weighted by Crippen LogP contribution is -2.20. The summed E-state index contributed by atoms with van der Waals surface area (Å²) in [5.41, 5.74) is 6.40. The maximum atomic E-state index is 12.4. The highest BCUT2D eigenvalue weighted by Gasteiger charge is 2.32. The van der Waals surface area contributed by atoms with Crippen LogP contribution in [0.3, 0.4) is 0 Å². The van der Waals surface area contributed by atoms with Gasteiger partial charge in [0.25, 0.3) is 0 Å². The molecular weight excluding hydrogens is 299 g/mol. The molecule has 0 saturated carbocycles. The molecule has 1 aromatic carbocycles. The Morgan fingerprint density at radius 3 is 2.57 bits per heavy atom. The van der Waals surface area contributed by atoms with Gasteiger partial charge in [-0.15, -0.1) is 24.5 Å². The third-order valence-electron chi connectivity index (χ3n) is 3.06. The van der Waals surface area contributed by atoms with Gasteiger partial charge in [-0.25, -0.2) is 0 Å². The number of halogens is 3. The van der Waals surface area contributed by atoms with Crippen LogP contribution in [0.5, 0.6) is 5.75 Å². The predicted molar refractivity (Wildman–Crippen MR) is 77.3 cm³/mol. The van der Waals surface area contributed by atoms with E-state index in [2.05, 4.69) is 4.74 Å². The average molecular weight is 315 g/mol. The Morgan fingerprint density at radius 1 is 1.14 bits per heavy atom. The lowest BCUT2D eigenvalue weighted by atomic mass is 10.0. The average Bonchev–Trinajstić information content (AvgIpc) is 2.90. The van der Waals surface area contributed by atoms with E-state index in [1.54, 1.807) is 23.5 Å². The molecule has 2 nitrogen and oxygen atoms in total. The molecule has 2 rings (SSSR count). The van der Waals surface area contributed by atoms with Gasteiger partial charge in [-0.05, 0) is 36.8 Å². The second-order valence-electron chi connectivity index (χ2n) is 4.66.